The van der Waals surface area contributed by atoms with Gasteiger partial charge in [-0.1, -0.05) is 0 Å². The van der Waals surface area contributed by atoms with Gasteiger partial charge in [0.15, 0.2) is 0 Å². The predicted molar refractivity (Wildman–Crippen MR) is 23.2 cm³/mol. The fourth-order valence-corrected chi connectivity index (χ4v) is 0. The van der Waals surface area contributed by atoms with Gasteiger partial charge in [0.05, 0.1) is 0 Å². The Balaban J connectivity index is 0. The molecular formula is CH3ClLi2. The molecule has 0 aromatic rings. The molecule has 0 aliphatic carbocycles. The summed E-state index contributed by atoms with van der Waals surface area (Å²) in [5, 5.41) is 0. The molecule has 0 amide bonds. The third-order valence-electron chi connectivity index (χ3n) is 0. The van der Waals surface area contributed by atoms with Gasteiger partial charge in [-0.15, -0.1) is 0 Å². The van der Waals surface area contributed by atoms with Crippen LogP contribution in [0.5, 0.6) is 0 Å². The average molecular weight is 64.4 g/mol. The molecule has 0 saturated carbocycles. The summed E-state index contributed by atoms with van der Waals surface area (Å²) in [6.45, 7) is 0. The molecule has 0 nitrogen and oxygen atoms in total. The Morgan fingerprint density at radius 3 is 1.25 bits per heavy atom. The Morgan fingerprint density at radius 1 is 1.25 bits per heavy atom. The van der Waals surface area contributed by atoms with Crippen molar-refractivity contribution in [3.05, 3.63) is 0 Å². The van der Waals surface area contributed by atoms with E-state index in [4.69, 9.17) is 0 Å². The van der Waals surface area contributed by atoms with Gasteiger partial charge in [-0.2, -0.15) is 0 Å². The van der Waals surface area contributed by atoms with Gasteiger partial charge < -0.3 is 0 Å². The maximum absolute atomic E-state index is 4.64. The van der Waals surface area contributed by atoms with Crippen LogP contribution in [0.15, 0.2) is 0 Å². The van der Waals surface area contributed by atoms with Gasteiger partial charge in [0, 0.05) is 0 Å². The average Bonchev–Trinajstić information content (AvgIpc) is 1.50. The normalized spacial score (nSPS) is 3.50. The Labute approximate surface area is 49.8 Å². The first-order valence-corrected chi connectivity index (χ1v) is 2.13. The Morgan fingerprint density at radius 2 is 1.25 bits per heavy atom. The third kappa shape index (κ3) is 9.76. The molecule has 0 atom stereocenters. The maximum atomic E-state index is 4.64. The summed E-state index contributed by atoms with van der Waals surface area (Å²) in [6, 6.07) is 0. The molecule has 0 bridgehead atoms. The van der Waals surface area contributed by atoms with Crippen LogP contribution in [0.1, 0.15) is 0 Å². The second kappa shape index (κ2) is 24.7. The molecule has 16 valence electrons. The van der Waals surface area contributed by atoms with Crippen molar-refractivity contribution in [2.45, 2.75) is 5.60 Å². The van der Waals surface area contributed by atoms with E-state index in [1.165, 1.54) is 16.7 Å². The minimum absolute atomic E-state index is 1.47. The van der Waals surface area contributed by atoms with Crippen LogP contribution in [0.25, 0.3) is 0 Å². The van der Waals surface area contributed by atoms with Crippen molar-refractivity contribution < 1.29 is 0 Å². The first-order chi connectivity index (χ1) is 2.00. The van der Waals surface area contributed by atoms with Gasteiger partial charge >= 0.3 is 49.9 Å². The van der Waals surface area contributed by atoms with Gasteiger partial charge in [0.25, 0.3) is 0 Å². The van der Waals surface area contributed by atoms with Gasteiger partial charge in [-0.3, -0.25) is 0 Å². The van der Waals surface area contributed by atoms with E-state index in [-0.39, 0.29) is 0 Å². The van der Waals surface area contributed by atoms with Crippen LogP contribution in [0.4, 0.5) is 0 Å². The van der Waals surface area contributed by atoms with Gasteiger partial charge in [-0.25, -0.2) is 0 Å². The molecular weight excluding hydrogens is 61.3 g/mol. The second-order valence-corrected chi connectivity index (χ2v) is 0. The number of halogens is 1. The molecule has 0 N–H and O–H groups in total. The van der Waals surface area contributed by atoms with Crippen LogP contribution in [-0.2, 0) is 0 Å². The zero-order chi connectivity index (χ0) is 4.00. The summed E-state index contributed by atoms with van der Waals surface area (Å²) < 4.78 is 0. The standard InChI is InChI=1S/CH3.ClH.2Li/h1H3;1H;;/q;;;+1/p-1. The van der Waals surface area contributed by atoms with Crippen molar-refractivity contribution in [2.75, 3.05) is 0 Å². The van der Waals surface area contributed by atoms with E-state index >= 15 is 0 Å². The first kappa shape index (κ1) is 9.08. The van der Waals surface area contributed by atoms with E-state index in [0.29, 0.717) is 0 Å². The van der Waals surface area contributed by atoms with Gasteiger partial charge in [0.2, 0.25) is 0 Å². The van der Waals surface area contributed by atoms with Crippen molar-refractivity contribution >= 4 is 44.3 Å². The van der Waals surface area contributed by atoms with E-state index in [1.54, 1.807) is 0 Å². The summed E-state index contributed by atoms with van der Waals surface area (Å²) in [7, 11) is 4.64. The molecule has 4 heavy (non-hydrogen) atoms. The first-order valence-electron chi connectivity index (χ1n) is 1.38. The molecule has 0 aliphatic heterocycles. The Kier molecular flexibility index (Phi) is 56.1. The predicted octanol–water partition coefficient (Wildman–Crippen LogP) is 0.512. The molecule has 0 fully saturated rings. The zero-order valence-corrected chi connectivity index (χ0v) is 4.13. The molecule has 0 rings (SSSR count). The van der Waals surface area contributed by atoms with Crippen LogP contribution >= 0.6 is 9.80 Å². The van der Waals surface area contributed by atoms with Gasteiger partial charge in [0.1, 0.15) is 0 Å². The van der Waals surface area contributed by atoms with E-state index in [9.17, 15) is 0 Å². The summed E-state index contributed by atoms with van der Waals surface area (Å²) in [6.07, 6.45) is 0. The van der Waals surface area contributed by atoms with Gasteiger partial charge in [-0.05, 0) is 0 Å². The number of hydrogen-bond donors (Lipinski definition) is 0. The van der Waals surface area contributed by atoms with Crippen LogP contribution in [-0.4, -0.2) is 34.5 Å². The van der Waals surface area contributed by atoms with E-state index < -0.39 is 0 Å². The van der Waals surface area contributed by atoms with Crippen LogP contribution < -0.4 is 0 Å². The number of hydrogen-bond acceptors (Lipinski definition) is 0. The Hall–Kier alpha value is 1.48. The summed E-state index contributed by atoms with van der Waals surface area (Å²) in [5.41, 5.74) is 2.00. The van der Waals surface area contributed by atoms with Crippen LogP contribution in [0.3, 0.4) is 0 Å². The minimum atomic E-state index is 1.47. The molecule has 0 spiro atoms. The summed E-state index contributed by atoms with van der Waals surface area (Å²) in [4.78, 5) is 0. The second-order valence-electron chi connectivity index (χ2n) is 0. The van der Waals surface area contributed by atoms with Crippen LogP contribution in [0, 0.1) is 0 Å². The topological polar surface area (TPSA) is 0 Å². The van der Waals surface area contributed by atoms with E-state index in [0.717, 1.165) is 0 Å². The SMILES string of the molecule is [Li][CH3].[Li][Cl]. The van der Waals surface area contributed by atoms with Crippen molar-refractivity contribution in [2.24, 2.45) is 0 Å². The molecule has 0 aromatic heterocycles. The zero-order valence-electron chi connectivity index (χ0n) is 3.38. The summed E-state index contributed by atoms with van der Waals surface area (Å²) in [5.74, 6) is 0. The quantitative estimate of drug-likeness (QED) is 0.360. The van der Waals surface area contributed by atoms with Crippen molar-refractivity contribution in [3.8, 4) is 0 Å². The molecule has 3 heteroatoms. The van der Waals surface area contributed by atoms with E-state index in [1.807, 2.05) is 23.3 Å². The van der Waals surface area contributed by atoms with Crippen LogP contribution in [0.2, 0.25) is 5.60 Å². The van der Waals surface area contributed by atoms with Crippen molar-refractivity contribution in [3.63, 3.8) is 0 Å². The monoisotopic (exact) mass is 64.0 g/mol. The summed E-state index contributed by atoms with van der Waals surface area (Å²) >= 11 is 3.47. The number of rotatable bonds is 0. The molecule has 0 radical (unpaired) electrons. The Bertz CT molecular complexity index is 6.00. The molecule has 0 heterocycles. The fourth-order valence-electron chi connectivity index (χ4n) is 0. The van der Waals surface area contributed by atoms with Crippen molar-refractivity contribution in [1.29, 1.82) is 0 Å². The fraction of sp³-hybridized carbons (Fsp3) is 1.00. The van der Waals surface area contributed by atoms with Crippen molar-refractivity contribution in [1.82, 2.24) is 0 Å². The molecule has 0 unspecified atom stereocenters. The molecule has 0 aromatic carbocycles. The van der Waals surface area contributed by atoms with E-state index in [2.05, 4.69) is 9.80 Å². The molecule has 0 saturated heterocycles. The third-order valence-corrected chi connectivity index (χ3v) is 0. The molecule has 0 aliphatic rings.